The van der Waals surface area contributed by atoms with Crippen molar-refractivity contribution in [2.24, 2.45) is 5.41 Å². The van der Waals surface area contributed by atoms with Crippen LogP contribution < -0.4 is 0 Å². The van der Waals surface area contributed by atoms with Gasteiger partial charge in [-0.1, -0.05) is 5.92 Å². The molecule has 1 saturated heterocycles. The van der Waals surface area contributed by atoms with Crippen LogP contribution in [0.4, 0.5) is 4.39 Å². The lowest BCUT2D eigenvalue weighted by atomic mass is 9.76. The summed E-state index contributed by atoms with van der Waals surface area (Å²) in [5, 5.41) is 0. The molecule has 0 saturated carbocycles. The van der Waals surface area contributed by atoms with Gasteiger partial charge in [0.2, 0.25) is 0 Å². The maximum atomic E-state index is 14.4. The van der Waals surface area contributed by atoms with Crippen LogP contribution in [0.25, 0.3) is 0 Å². The smallest absolute Gasteiger partial charge is 0.398 e. The number of halogens is 1. The summed E-state index contributed by atoms with van der Waals surface area (Å²) in [6.07, 6.45) is 5.42. The number of hydrogen-bond donors (Lipinski definition) is 0. The van der Waals surface area contributed by atoms with Gasteiger partial charge in [-0.3, -0.25) is 0 Å². The molecule has 1 aliphatic rings. The van der Waals surface area contributed by atoms with Crippen LogP contribution in [0.5, 0.6) is 0 Å². The maximum absolute atomic E-state index is 14.4. The third kappa shape index (κ3) is 2.48. The molecule has 1 heterocycles. The highest BCUT2D eigenvalue weighted by Crippen LogP contribution is 2.40. The quantitative estimate of drug-likeness (QED) is 0.553. The molecule has 4 heteroatoms. The standard InChI is InChI=1S/C14H22BFO2/c1-9-12(3,4)10(2)11(16)15-17-13(5,6)14(7,8)18-15/h1H,2-8H3. The molecular weight excluding hydrogens is 230 g/mol. The van der Waals surface area contributed by atoms with Gasteiger partial charge in [0.25, 0.3) is 0 Å². The summed E-state index contributed by atoms with van der Waals surface area (Å²) in [6.45, 7) is 12.8. The SMILES string of the molecule is C#CC(C)(C)C(C)=C(F)B1OC(C)(C)C(C)(C)O1. The Labute approximate surface area is 110 Å². The molecule has 100 valence electrons. The molecule has 0 aromatic rings. The summed E-state index contributed by atoms with van der Waals surface area (Å²) >= 11 is 0. The van der Waals surface area contributed by atoms with E-state index in [2.05, 4.69) is 5.92 Å². The predicted molar refractivity (Wildman–Crippen MR) is 72.5 cm³/mol. The molecule has 0 spiro atoms. The first-order valence-electron chi connectivity index (χ1n) is 6.15. The first-order chi connectivity index (χ1) is 7.94. The Hall–Kier alpha value is -0.785. The minimum atomic E-state index is -0.970. The molecule has 1 aliphatic heterocycles. The van der Waals surface area contributed by atoms with Gasteiger partial charge < -0.3 is 9.31 Å². The largest absolute Gasteiger partial charge is 0.525 e. The second-order valence-electron chi connectivity index (χ2n) is 6.33. The van der Waals surface area contributed by atoms with Gasteiger partial charge in [-0.05, 0) is 54.0 Å². The third-order valence-electron chi connectivity index (χ3n) is 4.12. The van der Waals surface area contributed by atoms with Gasteiger partial charge in [0.1, 0.15) is 5.73 Å². The highest BCUT2D eigenvalue weighted by Gasteiger charge is 2.53. The van der Waals surface area contributed by atoms with Gasteiger partial charge in [-0.15, -0.1) is 6.42 Å². The molecule has 0 atom stereocenters. The first-order valence-corrected chi connectivity index (χ1v) is 6.15. The van der Waals surface area contributed by atoms with Crippen LogP contribution in [0.3, 0.4) is 0 Å². The average molecular weight is 252 g/mol. The van der Waals surface area contributed by atoms with Crippen molar-refractivity contribution in [1.82, 2.24) is 0 Å². The van der Waals surface area contributed by atoms with E-state index in [1.54, 1.807) is 20.8 Å². The van der Waals surface area contributed by atoms with Gasteiger partial charge in [0.05, 0.1) is 11.2 Å². The minimum Gasteiger partial charge on any atom is -0.398 e. The predicted octanol–water partition coefficient (Wildman–Crippen LogP) is 3.52. The molecule has 0 bridgehead atoms. The molecule has 1 rings (SSSR count). The second kappa shape index (κ2) is 4.40. The first kappa shape index (κ1) is 15.3. The molecule has 1 fully saturated rings. The van der Waals surface area contributed by atoms with Gasteiger partial charge in [0, 0.05) is 5.41 Å². The lowest BCUT2D eigenvalue weighted by Crippen LogP contribution is -2.41. The number of rotatable bonds is 2. The van der Waals surface area contributed by atoms with E-state index in [1.807, 2.05) is 27.7 Å². The van der Waals surface area contributed by atoms with Gasteiger partial charge >= 0.3 is 7.12 Å². The number of hydrogen-bond acceptors (Lipinski definition) is 2. The summed E-state index contributed by atoms with van der Waals surface area (Å²) in [7, 11) is -0.970. The van der Waals surface area contributed by atoms with Crippen LogP contribution >= 0.6 is 0 Å². The monoisotopic (exact) mass is 252 g/mol. The Balaban J connectivity index is 3.07. The molecule has 0 amide bonds. The Morgan fingerprint density at radius 2 is 1.56 bits per heavy atom. The summed E-state index contributed by atoms with van der Waals surface area (Å²) in [5.74, 6) is 2.58. The summed E-state index contributed by atoms with van der Waals surface area (Å²) in [4.78, 5) is 0. The third-order valence-corrected chi connectivity index (χ3v) is 4.12. The molecule has 0 aromatic heterocycles. The van der Waals surface area contributed by atoms with Crippen molar-refractivity contribution < 1.29 is 13.7 Å². The Kier molecular flexibility index (Phi) is 3.73. The lowest BCUT2D eigenvalue weighted by Gasteiger charge is -2.32. The van der Waals surface area contributed by atoms with Crippen molar-refractivity contribution in [1.29, 1.82) is 0 Å². The average Bonchev–Trinajstić information content (AvgIpc) is 2.46. The summed E-state index contributed by atoms with van der Waals surface area (Å²) in [5.41, 5.74) is -1.68. The van der Waals surface area contributed by atoms with Crippen LogP contribution in [-0.2, 0) is 9.31 Å². The fourth-order valence-corrected chi connectivity index (χ4v) is 1.53. The van der Waals surface area contributed by atoms with E-state index in [0.29, 0.717) is 5.57 Å². The molecule has 0 N–H and O–H groups in total. The highest BCUT2D eigenvalue weighted by atomic mass is 19.1. The summed E-state index contributed by atoms with van der Waals surface area (Å²) < 4.78 is 25.7. The number of allylic oxidation sites excluding steroid dienone is 1. The van der Waals surface area contributed by atoms with E-state index >= 15 is 0 Å². The minimum absolute atomic E-state index is 0.420. The van der Waals surface area contributed by atoms with E-state index in [9.17, 15) is 4.39 Å². The van der Waals surface area contributed by atoms with E-state index in [1.165, 1.54) is 0 Å². The topological polar surface area (TPSA) is 18.5 Å². The Bertz CT molecular complexity index is 400. The summed E-state index contributed by atoms with van der Waals surface area (Å²) in [6, 6.07) is 0. The molecule has 0 radical (unpaired) electrons. The highest BCUT2D eigenvalue weighted by molar-refractivity contribution is 6.53. The fraction of sp³-hybridized carbons (Fsp3) is 0.714. The van der Waals surface area contributed by atoms with Gasteiger partial charge in [0.15, 0.2) is 0 Å². The van der Waals surface area contributed by atoms with Gasteiger partial charge in [-0.25, -0.2) is 4.39 Å². The van der Waals surface area contributed by atoms with Crippen LogP contribution in [0.15, 0.2) is 11.3 Å². The zero-order valence-corrected chi connectivity index (χ0v) is 12.3. The van der Waals surface area contributed by atoms with Crippen molar-refractivity contribution in [2.45, 2.75) is 59.7 Å². The van der Waals surface area contributed by atoms with Crippen LogP contribution in [0, 0.1) is 17.8 Å². The van der Waals surface area contributed by atoms with Crippen molar-refractivity contribution in [3.8, 4) is 12.3 Å². The van der Waals surface area contributed by atoms with Crippen LogP contribution in [-0.4, -0.2) is 18.3 Å². The van der Waals surface area contributed by atoms with Crippen LogP contribution in [0.2, 0.25) is 0 Å². The van der Waals surface area contributed by atoms with Crippen molar-refractivity contribution in [3.63, 3.8) is 0 Å². The lowest BCUT2D eigenvalue weighted by molar-refractivity contribution is 0.00578. The van der Waals surface area contributed by atoms with Gasteiger partial charge in [-0.2, -0.15) is 0 Å². The second-order valence-corrected chi connectivity index (χ2v) is 6.33. The molecular formula is C14H22BFO2. The van der Waals surface area contributed by atoms with E-state index in [-0.39, 0.29) is 0 Å². The van der Waals surface area contributed by atoms with E-state index in [0.717, 1.165) is 0 Å². The normalized spacial score (nSPS) is 23.6. The van der Waals surface area contributed by atoms with Crippen LogP contribution in [0.1, 0.15) is 48.5 Å². The Morgan fingerprint density at radius 1 is 1.17 bits per heavy atom. The fourth-order valence-electron chi connectivity index (χ4n) is 1.53. The van der Waals surface area contributed by atoms with Crippen molar-refractivity contribution in [2.75, 3.05) is 0 Å². The molecule has 0 aliphatic carbocycles. The molecule has 0 aromatic carbocycles. The Morgan fingerprint density at radius 3 is 1.89 bits per heavy atom. The van der Waals surface area contributed by atoms with E-state index in [4.69, 9.17) is 15.7 Å². The maximum Gasteiger partial charge on any atom is 0.525 e. The van der Waals surface area contributed by atoms with Crippen molar-refractivity contribution in [3.05, 3.63) is 11.3 Å². The number of terminal acetylenes is 1. The molecule has 0 unspecified atom stereocenters. The molecule has 2 nitrogen and oxygen atoms in total. The molecule has 18 heavy (non-hydrogen) atoms. The zero-order chi connectivity index (χ0) is 14.4. The van der Waals surface area contributed by atoms with Crippen molar-refractivity contribution >= 4 is 7.12 Å². The van der Waals surface area contributed by atoms with E-state index < -0.39 is 29.5 Å². The zero-order valence-electron chi connectivity index (χ0n) is 12.3.